The topological polar surface area (TPSA) is 107 Å². The fourth-order valence-corrected chi connectivity index (χ4v) is 4.05. The lowest BCUT2D eigenvalue weighted by Gasteiger charge is -2.38. The molecule has 0 bridgehead atoms. The molecule has 9 nitrogen and oxygen atoms in total. The maximum atomic E-state index is 14.5. The predicted octanol–water partition coefficient (Wildman–Crippen LogP) is 2.51. The van der Waals surface area contributed by atoms with Crippen molar-refractivity contribution in [1.29, 1.82) is 0 Å². The minimum atomic E-state index is -4.90. The van der Waals surface area contributed by atoms with E-state index in [2.05, 4.69) is 0 Å². The van der Waals surface area contributed by atoms with Gasteiger partial charge in [-0.3, -0.25) is 9.59 Å². The van der Waals surface area contributed by atoms with Gasteiger partial charge in [-0.15, -0.1) is 0 Å². The van der Waals surface area contributed by atoms with Crippen molar-refractivity contribution in [3.63, 3.8) is 0 Å². The normalized spacial score (nSPS) is 18.0. The lowest BCUT2D eigenvalue weighted by molar-refractivity contribution is -0.179. The van der Waals surface area contributed by atoms with Crippen LogP contribution >= 0.6 is 11.6 Å². The van der Waals surface area contributed by atoms with Crippen LogP contribution in [0.2, 0.25) is 5.02 Å². The summed E-state index contributed by atoms with van der Waals surface area (Å²) < 4.78 is 80.8. The molecule has 0 radical (unpaired) electrons. The second-order valence-corrected chi connectivity index (χ2v) is 9.35. The molecule has 0 aliphatic carbocycles. The average Bonchev–Trinajstić information content (AvgIpc) is 2.64. The fourth-order valence-electron chi connectivity index (χ4n) is 2.77. The Labute approximate surface area is 186 Å². The second-order valence-electron chi connectivity index (χ2n) is 7.21. The van der Waals surface area contributed by atoms with Gasteiger partial charge in [0.15, 0.2) is 0 Å². The number of carbonyl (C=O) groups is 3. The van der Waals surface area contributed by atoms with Crippen LogP contribution in [-0.4, -0.2) is 67.8 Å². The number of anilines is 1. The third kappa shape index (κ3) is 4.96. The summed E-state index contributed by atoms with van der Waals surface area (Å²) in [6.07, 6.45) is -6.07. The first kappa shape index (κ1) is 25.8. The van der Waals surface area contributed by atoms with Gasteiger partial charge < -0.3 is 4.90 Å². The first-order valence-corrected chi connectivity index (χ1v) is 10.8. The summed E-state index contributed by atoms with van der Waals surface area (Å²) in [6, 6.07) is -3.26. The van der Waals surface area contributed by atoms with E-state index in [1.165, 1.54) is 20.9 Å². The van der Waals surface area contributed by atoms with Crippen LogP contribution in [0.15, 0.2) is 12.1 Å². The van der Waals surface area contributed by atoms with Gasteiger partial charge in [-0.05, 0) is 26.0 Å². The first-order valence-electron chi connectivity index (χ1n) is 8.94. The van der Waals surface area contributed by atoms with E-state index in [1.54, 1.807) is 4.72 Å². The Morgan fingerprint density at radius 1 is 1.28 bits per heavy atom. The maximum Gasteiger partial charge on any atom is 0.409 e. The molecule has 178 valence electrons. The Kier molecular flexibility index (Phi) is 7.12. The van der Waals surface area contributed by atoms with E-state index in [0.717, 1.165) is 11.4 Å². The van der Waals surface area contributed by atoms with Gasteiger partial charge in [0.1, 0.15) is 11.9 Å². The number of amides is 4. The number of hydrogen-bond acceptors (Lipinski definition) is 5. The highest BCUT2D eigenvalue weighted by molar-refractivity contribution is 7.87. The zero-order valence-electron chi connectivity index (χ0n) is 17.2. The molecule has 1 aliphatic heterocycles. The molecule has 1 aromatic rings. The van der Waals surface area contributed by atoms with Gasteiger partial charge in [-0.2, -0.15) is 25.9 Å². The molecule has 1 heterocycles. The van der Waals surface area contributed by atoms with Crippen LogP contribution in [0, 0.1) is 5.82 Å². The number of benzene rings is 1. The molecule has 0 aromatic heterocycles. The second kappa shape index (κ2) is 8.83. The zero-order chi connectivity index (χ0) is 24.8. The molecule has 1 saturated heterocycles. The molecular weight excluding hydrogens is 484 g/mol. The minimum Gasteiger partial charge on any atom is -0.314 e. The fraction of sp³-hybridized carbons (Fsp3) is 0.471. The van der Waals surface area contributed by atoms with Crippen LogP contribution in [0.5, 0.6) is 0 Å². The highest BCUT2D eigenvalue weighted by Gasteiger charge is 2.51. The lowest BCUT2D eigenvalue weighted by atomic mass is 10.1. The number of halogens is 5. The Morgan fingerprint density at radius 2 is 1.84 bits per heavy atom. The van der Waals surface area contributed by atoms with Gasteiger partial charge >= 0.3 is 22.4 Å². The van der Waals surface area contributed by atoms with Crippen molar-refractivity contribution in [3.05, 3.63) is 28.5 Å². The van der Waals surface area contributed by atoms with E-state index in [1.807, 2.05) is 0 Å². The Hall–Kier alpha value is -2.45. The van der Waals surface area contributed by atoms with Gasteiger partial charge in [-0.25, -0.2) is 18.8 Å². The van der Waals surface area contributed by atoms with Crippen molar-refractivity contribution in [1.82, 2.24) is 13.9 Å². The number of imide groups is 1. The molecule has 15 heteroatoms. The molecule has 0 saturated carbocycles. The van der Waals surface area contributed by atoms with Gasteiger partial charge in [0.2, 0.25) is 5.91 Å². The van der Waals surface area contributed by atoms with E-state index in [9.17, 15) is 40.4 Å². The van der Waals surface area contributed by atoms with Crippen LogP contribution < -0.4 is 9.62 Å². The highest BCUT2D eigenvalue weighted by atomic mass is 35.5. The van der Waals surface area contributed by atoms with Crippen molar-refractivity contribution in [2.24, 2.45) is 0 Å². The number of hydrogen-bond donors (Lipinski definition) is 1. The van der Waals surface area contributed by atoms with E-state index >= 15 is 0 Å². The van der Waals surface area contributed by atoms with Crippen LogP contribution in [0.25, 0.3) is 0 Å². The minimum absolute atomic E-state index is 0.138. The largest absolute Gasteiger partial charge is 0.409 e. The number of rotatable bonds is 5. The van der Waals surface area contributed by atoms with Crippen molar-refractivity contribution in [3.8, 4) is 0 Å². The predicted molar refractivity (Wildman–Crippen MR) is 106 cm³/mol. The number of carbonyl (C=O) groups excluding carboxylic acids is 3. The number of alkyl halides is 3. The summed E-state index contributed by atoms with van der Waals surface area (Å²) in [5.74, 6) is -3.95. The standard InChI is InChI=1S/C17H19ClF4N4O5S/c1-8(2)25(4)32(30,31)23-15(28)9-5-12(11(19)6-10(9)18)26-14(27)7-13(17(20,21)22)24(3)16(26)29/h5-6,8,13H,7H2,1-4H3,(H,23,28). The van der Waals surface area contributed by atoms with Crippen molar-refractivity contribution < 1.29 is 40.4 Å². The molecule has 1 aromatic carbocycles. The smallest absolute Gasteiger partial charge is 0.314 e. The van der Waals surface area contributed by atoms with Gasteiger partial charge in [0, 0.05) is 20.1 Å². The third-order valence-corrected chi connectivity index (χ3v) is 6.74. The monoisotopic (exact) mass is 502 g/mol. The molecule has 32 heavy (non-hydrogen) atoms. The Morgan fingerprint density at radius 3 is 2.34 bits per heavy atom. The van der Waals surface area contributed by atoms with Crippen molar-refractivity contribution in [2.75, 3.05) is 19.0 Å². The number of nitrogens with one attached hydrogen (secondary N) is 1. The first-order chi connectivity index (χ1) is 14.5. The summed E-state index contributed by atoms with van der Waals surface area (Å²) in [5, 5.41) is -0.551. The van der Waals surface area contributed by atoms with E-state index in [-0.39, 0.29) is 9.80 Å². The molecular formula is C17H19ClF4N4O5S. The summed E-state index contributed by atoms with van der Waals surface area (Å²) in [5.41, 5.74) is -1.47. The maximum absolute atomic E-state index is 14.5. The number of nitrogens with zero attached hydrogens (tertiary/aromatic N) is 3. The third-order valence-electron chi connectivity index (χ3n) is 4.81. The SMILES string of the molecule is CC(C)N(C)S(=O)(=O)NC(=O)c1cc(N2C(=O)CC(C(F)(F)F)N(C)C2=O)c(F)cc1Cl. The highest BCUT2D eigenvalue weighted by Crippen LogP contribution is 2.35. The lowest BCUT2D eigenvalue weighted by Crippen LogP contribution is -2.60. The summed E-state index contributed by atoms with van der Waals surface area (Å²) in [4.78, 5) is 37.6. The zero-order valence-corrected chi connectivity index (χ0v) is 18.8. The quantitative estimate of drug-likeness (QED) is 0.623. The Bertz CT molecular complexity index is 1060. The average molecular weight is 503 g/mol. The molecule has 1 unspecified atom stereocenters. The molecule has 2 rings (SSSR count). The van der Waals surface area contributed by atoms with Crippen LogP contribution in [0.1, 0.15) is 30.6 Å². The summed E-state index contributed by atoms with van der Waals surface area (Å²) >= 11 is 5.83. The molecule has 4 amide bonds. The summed E-state index contributed by atoms with van der Waals surface area (Å²) in [7, 11) is -2.35. The number of urea groups is 1. The van der Waals surface area contributed by atoms with E-state index in [0.29, 0.717) is 12.1 Å². The van der Waals surface area contributed by atoms with Crippen molar-refractivity contribution in [2.45, 2.75) is 38.5 Å². The van der Waals surface area contributed by atoms with Crippen LogP contribution in [0.3, 0.4) is 0 Å². The van der Waals surface area contributed by atoms with Gasteiger partial charge in [0.05, 0.1) is 22.7 Å². The van der Waals surface area contributed by atoms with E-state index in [4.69, 9.17) is 11.6 Å². The molecule has 1 atom stereocenters. The molecule has 1 fully saturated rings. The summed E-state index contributed by atoms with van der Waals surface area (Å²) in [6.45, 7) is 3.07. The van der Waals surface area contributed by atoms with Crippen LogP contribution in [0.4, 0.5) is 28.0 Å². The molecule has 1 N–H and O–H groups in total. The van der Waals surface area contributed by atoms with Crippen LogP contribution in [-0.2, 0) is 15.0 Å². The van der Waals surface area contributed by atoms with E-state index < -0.39 is 74.8 Å². The van der Waals surface area contributed by atoms with Gasteiger partial charge in [-0.1, -0.05) is 11.6 Å². The molecule has 1 aliphatic rings. The Balaban J connectivity index is 2.46. The molecule has 0 spiro atoms. The van der Waals surface area contributed by atoms with Gasteiger partial charge in [0.25, 0.3) is 5.91 Å². The van der Waals surface area contributed by atoms with Crippen molar-refractivity contribution >= 4 is 45.3 Å².